The zero-order chi connectivity index (χ0) is 17.1. The summed E-state index contributed by atoms with van der Waals surface area (Å²) in [5, 5.41) is 4.21. The highest BCUT2D eigenvalue weighted by Crippen LogP contribution is 2.35. The van der Waals surface area contributed by atoms with Gasteiger partial charge < -0.3 is 14.0 Å². The summed E-state index contributed by atoms with van der Waals surface area (Å²) in [5.41, 5.74) is 2.21. The Morgan fingerprint density at radius 1 is 1.17 bits per heavy atom. The van der Waals surface area contributed by atoms with Crippen LogP contribution in [-0.2, 0) is 6.54 Å². The fourth-order valence-electron chi connectivity index (χ4n) is 3.26. The van der Waals surface area contributed by atoms with Crippen molar-refractivity contribution in [2.24, 2.45) is 0 Å². The van der Waals surface area contributed by atoms with Gasteiger partial charge in [-0.3, -0.25) is 4.90 Å². The van der Waals surface area contributed by atoms with E-state index in [4.69, 9.17) is 14.0 Å². The maximum atomic E-state index is 5.63. The van der Waals surface area contributed by atoms with Gasteiger partial charge >= 0.3 is 0 Å². The second-order valence-corrected chi connectivity index (χ2v) is 6.66. The van der Waals surface area contributed by atoms with Crippen molar-refractivity contribution in [1.82, 2.24) is 10.1 Å². The monoisotopic (exact) mass is 330 g/mol. The third-order valence-corrected chi connectivity index (χ3v) is 4.63. The minimum atomic E-state index is 0.294. The topological polar surface area (TPSA) is 47.7 Å². The van der Waals surface area contributed by atoms with Gasteiger partial charge in [-0.1, -0.05) is 19.0 Å². The van der Waals surface area contributed by atoms with Crippen LogP contribution >= 0.6 is 0 Å². The first-order chi connectivity index (χ1) is 11.6. The van der Waals surface area contributed by atoms with E-state index in [1.54, 1.807) is 14.2 Å². The molecule has 5 nitrogen and oxygen atoms in total. The summed E-state index contributed by atoms with van der Waals surface area (Å²) in [5.74, 6) is 3.01. The molecule has 0 saturated carbocycles. The van der Waals surface area contributed by atoms with Crippen molar-refractivity contribution in [2.75, 3.05) is 20.8 Å². The number of hydrogen-bond donors (Lipinski definition) is 0. The highest BCUT2D eigenvalue weighted by molar-refractivity contribution is 5.38. The lowest BCUT2D eigenvalue weighted by molar-refractivity contribution is 0.206. The van der Waals surface area contributed by atoms with E-state index in [0.29, 0.717) is 12.0 Å². The van der Waals surface area contributed by atoms with Crippen LogP contribution in [-0.4, -0.2) is 30.8 Å². The SMILES string of the molecule is COc1cc(CN2CCCC2c2cc(C(C)C)no2)cc(OC)c1. The van der Waals surface area contributed by atoms with E-state index in [2.05, 4.69) is 42.1 Å². The molecule has 1 aromatic carbocycles. The first-order valence-electron chi connectivity index (χ1n) is 8.53. The van der Waals surface area contributed by atoms with Gasteiger partial charge in [0.1, 0.15) is 11.5 Å². The Balaban J connectivity index is 1.78. The highest BCUT2D eigenvalue weighted by atomic mass is 16.5. The number of methoxy groups -OCH3 is 2. The van der Waals surface area contributed by atoms with E-state index in [1.165, 1.54) is 12.0 Å². The number of nitrogens with zero attached hydrogens (tertiary/aromatic N) is 2. The number of likely N-dealkylation sites (tertiary alicyclic amines) is 1. The molecule has 1 aliphatic rings. The molecule has 3 rings (SSSR count). The lowest BCUT2D eigenvalue weighted by Crippen LogP contribution is -2.22. The minimum Gasteiger partial charge on any atom is -0.497 e. The second-order valence-electron chi connectivity index (χ2n) is 6.66. The Kier molecular flexibility index (Phi) is 5.09. The number of benzene rings is 1. The third-order valence-electron chi connectivity index (χ3n) is 4.63. The molecule has 1 aliphatic heterocycles. The zero-order valence-electron chi connectivity index (χ0n) is 14.9. The van der Waals surface area contributed by atoms with Gasteiger partial charge in [-0.05, 0) is 43.0 Å². The summed E-state index contributed by atoms with van der Waals surface area (Å²) in [7, 11) is 3.36. The Hall–Kier alpha value is -2.01. The molecule has 2 aromatic rings. The van der Waals surface area contributed by atoms with Gasteiger partial charge in [0, 0.05) is 18.7 Å². The number of rotatable bonds is 6. The van der Waals surface area contributed by atoms with Crippen molar-refractivity contribution in [3.63, 3.8) is 0 Å². The van der Waals surface area contributed by atoms with Crippen LogP contribution < -0.4 is 9.47 Å². The molecule has 0 radical (unpaired) electrons. The molecule has 0 spiro atoms. The lowest BCUT2D eigenvalue weighted by Gasteiger charge is -2.22. The molecule has 0 amide bonds. The molecule has 1 saturated heterocycles. The quantitative estimate of drug-likeness (QED) is 0.796. The van der Waals surface area contributed by atoms with E-state index < -0.39 is 0 Å². The molecular weight excluding hydrogens is 304 g/mol. The van der Waals surface area contributed by atoms with E-state index >= 15 is 0 Å². The number of aromatic nitrogens is 1. The van der Waals surface area contributed by atoms with Gasteiger partial charge in [0.05, 0.1) is 26.0 Å². The lowest BCUT2D eigenvalue weighted by atomic mass is 10.1. The predicted octanol–water partition coefficient (Wildman–Crippen LogP) is 4.15. The summed E-state index contributed by atoms with van der Waals surface area (Å²) in [6, 6.07) is 8.44. The van der Waals surface area contributed by atoms with Crippen molar-refractivity contribution in [3.05, 3.63) is 41.3 Å². The first kappa shape index (κ1) is 16.8. The van der Waals surface area contributed by atoms with Crippen molar-refractivity contribution < 1.29 is 14.0 Å². The number of ether oxygens (including phenoxy) is 2. The van der Waals surface area contributed by atoms with Crippen molar-refractivity contribution >= 4 is 0 Å². The van der Waals surface area contributed by atoms with Crippen molar-refractivity contribution in [1.29, 1.82) is 0 Å². The van der Waals surface area contributed by atoms with Gasteiger partial charge in [0.2, 0.25) is 0 Å². The minimum absolute atomic E-state index is 0.294. The molecule has 24 heavy (non-hydrogen) atoms. The zero-order valence-corrected chi connectivity index (χ0v) is 14.9. The van der Waals surface area contributed by atoms with Gasteiger partial charge in [-0.15, -0.1) is 0 Å². The van der Waals surface area contributed by atoms with Crippen LogP contribution in [0.3, 0.4) is 0 Å². The number of hydrogen-bond acceptors (Lipinski definition) is 5. The van der Waals surface area contributed by atoms with Crippen LogP contribution in [0.1, 0.15) is 55.7 Å². The summed E-state index contributed by atoms with van der Waals surface area (Å²) in [6.07, 6.45) is 2.28. The normalized spacial score (nSPS) is 18.3. The Labute approximate surface area is 143 Å². The standard InChI is InChI=1S/C19H26N2O3/c1-13(2)17-11-19(24-20-17)18-6-5-7-21(18)12-14-8-15(22-3)10-16(9-14)23-4/h8-11,13,18H,5-7,12H2,1-4H3. The van der Waals surface area contributed by atoms with Crippen LogP contribution in [0.25, 0.3) is 0 Å². The Morgan fingerprint density at radius 2 is 1.88 bits per heavy atom. The van der Waals surface area contributed by atoms with Crippen LogP contribution in [0.4, 0.5) is 0 Å². The van der Waals surface area contributed by atoms with Gasteiger partial charge in [0.15, 0.2) is 5.76 Å². The molecule has 0 N–H and O–H groups in total. The third kappa shape index (κ3) is 3.56. The first-order valence-corrected chi connectivity index (χ1v) is 8.53. The largest absolute Gasteiger partial charge is 0.497 e. The summed E-state index contributed by atoms with van der Waals surface area (Å²) >= 11 is 0. The van der Waals surface area contributed by atoms with E-state index in [9.17, 15) is 0 Å². The second kappa shape index (κ2) is 7.26. The average Bonchev–Trinajstić information content (AvgIpc) is 3.23. The summed E-state index contributed by atoms with van der Waals surface area (Å²) in [4.78, 5) is 2.44. The summed E-state index contributed by atoms with van der Waals surface area (Å²) < 4.78 is 16.4. The van der Waals surface area contributed by atoms with Gasteiger partial charge in [0.25, 0.3) is 0 Å². The molecular formula is C19H26N2O3. The molecule has 1 unspecified atom stereocenters. The predicted molar refractivity (Wildman–Crippen MR) is 92.5 cm³/mol. The van der Waals surface area contributed by atoms with E-state index in [1.807, 2.05) is 6.07 Å². The van der Waals surface area contributed by atoms with Gasteiger partial charge in [-0.2, -0.15) is 0 Å². The van der Waals surface area contributed by atoms with Crippen LogP contribution in [0, 0.1) is 0 Å². The molecule has 0 aliphatic carbocycles. The van der Waals surface area contributed by atoms with E-state index in [-0.39, 0.29) is 0 Å². The molecule has 130 valence electrons. The molecule has 0 bridgehead atoms. The van der Waals surface area contributed by atoms with Crippen molar-refractivity contribution in [2.45, 2.75) is 45.2 Å². The fraction of sp³-hybridized carbons (Fsp3) is 0.526. The molecule has 5 heteroatoms. The maximum Gasteiger partial charge on any atom is 0.154 e. The highest BCUT2D eigenvalue weighted by Gasteiger charge is 2.29. The van der Waals surface area contributed by atoms with Crippen molar-refractivity contribution in [3.8, 4) is 11.5 Å². The summed E-state index contributed by atoms with van der Waals surface area (Å²) in [6.45, 7) is 6.17. The molecule has 2 heterocycles. The smallest absolute Gasteiger partial charge is 0.154 e. The Bertz CT molecular complexity index is 659. The molecule has 1 atom stereocenters. The average molecular weight is 330 g/mol. The Morgan fingerprint density at radius 3 is 2.46 bits per heavy atom. The van der Waals surface area contributed by atoms with Crippen LogP contribution in [0.2, 0.25) is 0 Å². The molecule has 1 fully saturated rings. The van der Waals surface area contributed by atoms with Gasteiger partial charge in [-0.25, -0.2) is 0 Å². The van der Waals surface area contributed by atoms with Crippen LogP contribution in [0.5, 0.6) is 11.5 Å². The van der Waals surface area contributed by atoms with Crippen LogP contribution in [0.15, 0.2) is 28.8 Å². The molecule has 1 aromatic heterocycles. The fourth-order valence-corrected chi connectivity index (χ4v) is 3.26. The maximum absolute atomic E-state index is 5.63. The van der Waals surface area contributed by atoms with E-state index in [0.717, 1.165) is 42.5 Å².